The van der Waals surface area contributed by atoms with Gasteiger partial charge in [-0.25, -0.2) is 0 Å². The molecule has 1 N–H and O–H groups in total. The molecule has 18 heavy (non-hydrogen) atoms. The van der Waals surface area contributed by atoms with Crippen LogP contribution in [0.4, 0.5) is 0 Å². The molecule has 0 radical (unpaired) electrons. The number of halogens is 1. The van der Waals surface area contributed by atoms with E-state index in [4.69, 9.17) is 4.74 Å². The second-order valence-corrected chi connectivity index (χ2v) is 5.36. The Morgan fingerprint density at radius 2 is 2.22 bits per heavy atom. The van der Waals surface area contributed by atoms with Gasteiger partial charge >= 0.3 is 0 Å². The molecule has 0 aliphatic carbocycles. The number of hydrogen-bond acceptors (Lipinski definition) is 4. The Labute approximate surface area is 117 Å². The van der Waals surface area contributed by atoms with Gasteiger partial charge in [-0.1, -0.05) is 0 Å². The van der Waals surface area contributed by atoms with Crippen LogP contribution in [0.1, 0.15) is 25.6 Å². The van der Waals surface area contributed by atoms with Crippen molar-refractivity contribution in [2.24, 2.45) is 0 Å². The Hall–Kier alpha value is -0.430. The van der Waals surface area contributed by atoms with Crippen molar-refractivity contribution in [3.05, 3.63) is 16.4 Å². The maximum absolute atomic E-state index is 10.3. The zero-order valence-corrected chi connectivity index (χ0v) is 13.0. The first-order chi connectivity index (χ1) is 8.47. The lowest BCUT2D eigenvalue weighted by molar-refractivity contribution is -0.0269. The fourth-order valence-corrected chi connectivity index (χ4v) is 2.25. The van der Waals surface area contributed by atoms with E-state index in [2.05, 4.69) is 25.9 Å². The van der Waals surface area contributed by atoms with Crippen LogP contribution in [0.15, 0.2) is 10.7 Å². The Morgan fingerprint density at radius 3 is 2.78 bits per heavy atom. The molecule has 0 bridgehead atoms. The lowest BCUT2D eigenvalue weighted by atomic mass is 10.1. The highest BCUT2D eigenvalue weighted by Gasteiger charge is 2.23. The summed E-state index contributed by atoms with van der Waals surface area (Å²) in [6.45, 7) is 5.98. The Balaban J connectivity index is 2.82. The molecule has 2 unspecified atom stereocenters. The zero-order chi connectivity index (χ0) is 13.7. The van der Waals surface area contributed by atoms with Crippen LogP contribution < -0.4 is 0 Å². The fraction of sp³-hybridized carbons (Fsp3) is 0.750. The van der Waals surface area contributed by atoms with Gasteiger partial charge in [0.1, 0.15) is 6.10 Å². The van der Waals surface area contributed by atoms with Gasteiger partial charge in [-0.05, 0) is 43.9 Å². The molecule has 104 valence electrons. The molecule has 2 atom stereocenters. The van der Waals surface area contributed by atoms with Crippen molar-refractivity contribution in [1.82, 2.24) is 14.7 Å². The van der Waals surface area contributed by atoms with Gasteiger partial charge in [-0.15, -0.1) is 0 Å². The number of aliphatic hydroxyl groups is 1. The number of hydrogen-bond donors (Lipinski definition) is 1. The molecule has 0 aliphatic rings. The van der Waals surface area contributed by atoms with Crippen LogP contribution in [0.25, 0.3) is 0 Å². The Morgan fingerprint density at radius 1 is 1.56 bits per heavy atom. The van der Waals surface area contributed by atoms with Gasteiger partial charge in [0.15, 0.2) is 0 Å². The summed E-state index contributed by atoms with van der Waals surface area (Å²) in [6, 6.07) is 0. The second kappa shape index (κ2) is 7.23. The smallest absolute Gasteiger partial charge is 0.123 e. The predicted molar refractivity (Wildman–Crippen MR) is 74.5 cm³/mol. The van der Waals surface area contributed by atoms with Crippen LogP contribution in [-0.2, 0) is 11.3 Å². The summed E-state index contributed by atoms with van der Waals surface area (Å²) < 4.78 is 8.08. The third-order valence-corrected chi connectivity index (χ3v) is 3.36. The van der Waals surface area contributed by atoms with Crippen molar-refractivity contribution in [3.8, 4) is 0 Å². The van der Waals surface area contributed by atoms with E-state index >= 15 is 0 Å². The van der Waals surface area contributed by atoms with E-state index in [9.17, 15) is 5.11 Å². The minimum Gasteiger partial charge on any atom is -0.384 e. The predicted octanol–water partition coefficient (Wildman–Crippen LogP) is 1.67. The van der Waals surface area contributed by atoms with Crippen molar-refractivity contribution >= 4 is 15.9 Å². The quantitative estimate of drug-likeness (QED) is 0.830. The molecule has 1 heterocycles. The van der Waals surface area contributed by atoms with Crippen LogP contribution in [0.5, 0.6) is 0 Å². The third kappa shape index (κ3) is 4.05. The van der Waals surface area contributed by atoms with Crippen LogP contribution in [0.3, 0.4) is 0 Å². The first-order valence-corrected chi connectivity index (χ1v) is 6.92. The monoisotopic (exact) mass is 319 g/mol. The average Bonchev–Trinajstić information content (AvgIpc) is 2.67. The van der Waals surface area contributed by atoms with Crippen molar-refractivity contribution in [2.75, 3.05) is 27.2 Å². The maximum Gasteiger partial charge on any atom is 0.123 e. The first-order valence-electron chi connectivity index (χ1n) is 6.13. The van der Waals surface area contributed by atoms with Gasteiger partial charge in [0.25, 0.3) is 0 Å². The van der Waals surface area contributed by atoms with E-state index in [0.717, 1.165) is 23.3 Å². The zero-order valence-electron chi connectivity index (χ0n) is 11.4. The molecule has 0 spiro atoms. The van der Waals surface area contributed by atoms with E-state index in [-0.39, 0.29) is 6.10 Å². The number of aliphatic hydroxyl groups excluding tert-OH is 1. The molecule has 5 nitrogen and oxygen atoms in total. The van der Waals surface area contributed by atoms with Crippen molar-refractivity contribution in [1.29, 1.82) is 0 Å². The molecule has 6 heteroatoms. The van der Waals surface area contributed by atoms with Crippen molar-refractivity contribution < 1.29 is 9.84 Å². The number of ether oxygens (including phenoxy) is 1. The minimum atomic E-state index is -0.677. The molecule has 1 aromatic heterocycles. The van der Waals surface area contributed by atoms with E-state index < -0.39 is 6.10 Å². The summed E-state index contributed by atoms with van der Waals surface area (Å²) in [5.74, 6) is 0. The number of rotatable bonds is 7. The molecule has 1 rings (SSSR count). The van der Waals surface area contributed by atoms with E-state index in [1.165, 1.54) is 0 Å². The number of nitrogens with zero attached hydrogens (tertiary/aromatic N) is 3. The van der Waals surface area contributed by atoms with Gasteiger partial charge in [0, 0.05) is 13.2 Å². The molecular formula is C12H22BrN3O2. The standard InChI is InChI=1S/C12H22BrN3O2/c1-5-18-9(2)12(17)11-10(13)8-14-16(11)7-6-15(3)4/h8-9,12,17H,5-7H2,1-4H3. The molecule has 0 saturated heterocycles. The second-order valence-electron chi connectivity index (χ2n) is 4.51. The van der Waals surface area contributed by atoms with Gasteiger partial charge in [0.05, 0.1) is 29.0 Å². The summed E-state index contributed by atoms with van der Waals surface area (Å²) >= 11 is 3.43. The molecule has 0 aromatic carbocycles. The highest BCUT2D eigenvalue weighted by molar-refractivity contribution is 9.10. The fourth-order valence-electron chi connectivity index (χ4n) is 1.72. The topological polar surface area (TPSA) is 50.5 Å². The minimum absolute atomic E-state index is 0.249. The van der Waals surface area contributed by atoms with Gasteiger partial charge in [-0.3, -0.25) is 4.68 Å². The summed E-state index contributed by atoms with van der Waals surface area (Å²) in [5, 5.41) is 14.6. The number of aromatic nitrogens is 2. The van der Waals surface area contributed by atoms with Crippen LogP contribution in [0.2, 0.25) is 0 Å². The van der Waals surface area contributed by atoms with E-state index in [1.54, 1.807) is 6.20 Å². The molecule has 0 amide bonds. The van der Waals surface area contributed by atoms with Gasteiger partial charge in [-0.2, -0.15) is 5.10 Å². The molecular weight excluding hydrogens is 298 g/mol. The third-order valence-electron chi connectivity index (χ3n) is 2.75. The Bertz CT molecular complexity index is 368. The molecule has 0 fully saturated rings. The van der Waals surface area contributed by atoms with Gasteiger partial charge in [0.2, 0.25) is 0 Å². The highest BCUT2D eigenvalue weighted by atomic mass is 79.9. The maximum atomic E-state index is 10.3. The lowest BCUT2D eigenvalue weighted by Gasteiger charge is -2.21. The Kier molecular flexibility index (Phi) is 6.28. The molecule has 0 aliphatic heterocycles. The van der Waals surface area contributed by atoms with Crippen molar-refractivity contribution in [2.45, 2.75) is 32.6 Å². The van der Waals surface area contributed by atoms with E-state index in [0.29, 0.717) is 6.61 Å². The van der Waals surface area contributed by atoms with Crippen molar-refractivity contribution in [3.63, 3.8) is 0 Å². The SMILES string of the molecule is CCOC(C)C(O)c1c(Br)cnn1CCN(C)C. The largest absolute Gasteiger partial charge is 0.384 e. The number of likely N-dealkylation sites (N-methyl/N-ethyl adjacent to an activating group) is 1. The average molecular weight is 320 g/mol. The van der Waals surface area contributed by atoms with Gasteiger partial charge < -0.3 is 14.7 Å². The van der Waals surface area contributed by atoms with Crippen LogP contribution in [0, 0.1) is 0 Å². The van der Waals surface area contributed by atoms with Crippen LogP contribution >= 0.6 is 15.9 Å². The summed E-state index contributed by atoms with van der Waals surface area (Å²) in [5.41, 5.74) is 0.776. The lowest BCUT2D eigenvalue weighted by Crippen LogP contribution is -2.25. The summed E-state index contributed by atoms with van der Waals surface area (Å²) in [4.78, 5) is 2.08. The molecule has 1 aromatic rings. The summed E-state index contributed by atoms with van der Waals surface area (Å²) in [7, 11) is 4.02. The summed E-state index contributed by atoms with van der Waals surface area (Å²) in [6.07, 6.45) is 0.789. The van der Waals surface area contributed by atoms with E-state index in [1.807, 2.05) is 32.6 Å². The highest BCUT2D eigenvalue weighted by Crippen LogP contribution is 2.26. The first kappa shape index (κ1) is 15.6. The molecule has 0 saturated carbocycles. The van der Waals surface area contributed by atoms with Crippen LogP contribution in [-0.4, -0.2) is 53.1 Å². The normalized spacial score (nSPS) is 15.1.